The van der Waals surface area contributed by atoms with Crippen LogP contribution in [0.3, 0.4) is 0 Å². The molecule has 2 N–H and O–H groups in total. The normalized spacial score (nSPS) is 11.6. The molecular weight excluding hydrogens is 450 g/mol. The molecule has 0 atom stereocenters. The summed E-state index contributed by atoms with van der Waals surface area (Å²) in [5.74, 6) is -0.358. The molecule has 7 nitrogen and oxygen atoms in total. The number of hydrogen-bond donors (Lipinski definition) is 2. The standard InChI is InChI=1S/C29H21N5O2/c35-28(36)13-11-19-10-12-25-23(14-19)29(31-18-30-25)32-26-15-27-24(21-8-4-5-9-22(21)26)17-34(33-27)16-20-6-2-1-3-7-20/h1-15,17-18H,16H2,(H,35,36)(H,30,31,32). The van der Waals surface area contributed by atoms with Gasteiger partial charge in [0.15, 0.2) is 0 Å². The van der Waals surface area contributed by atoms with E-state index in [9.17, 15) is 4.79 Å². The number of aromatic nitrogens is 4. The van der Waals surface area contributed by atoms with Gasteiger partial charge in [0.1, 0.15) is 12.1 Å². The van der Waals surface area contributed by atoms with Crippen molar-refractivity contribution in [3.05, 3.63) is 109 Å². The highest BCUT2D eigenvalue weighted by Gasteiger charge is 2.13. The highest BCUT2D eigenvalue weighted by Crippen LogP contribution is 2.34. The average molecular weight is 472 g/mol. The van der Waals surface area contributed by atoms with Crippen LogP contribution in [0.2, 0.25) is 0 Å². The van der Waals surface area contributed by atoms with Crippen molar-refractivity contribution in [1.29, 1.82) is 0 Å². The third-order valence-corrected chi connectivity index (χ3v) is 6.10. The summed E-state index contributed by atoms with van der Waals surface area (Å²) in [5.41, 5.74) is 4.47. The molecular formula is C29H21N5O2. The maximum absolute atomic E-state index is 10.9. The second kappa shape index (κ2) is 8.96. The molecule has 0 spiro atoms. The second-order valence-electron chi connectivity index (χ2n) is 8.51. The van der Waals surface area contributed by atoms with Crippen LogP contribution >= 0.6 is 0 Å². The van der Waals surface area contributed by atoms with E-state index in [0.29, 0.717) is 12.4 Å². The number of hydrogen-bond acceptors (Lipinski definition) is 5. The van der Waals surface area contributed by atoms with Crippen LogP contribution in [0.15, 0.2) is 97.5 Å². The molecule has 174 valence electrons. The molecule has 2 heterocycles. The Kier molecular flexibility index (Phi) is 5.35. The van der Waals surface area contributed by atoms with E-state index in [1.807, 2.05) is 59.3 Å². The van der Waals surface area contributed by atoms with Gasteiger partial charge in [-0.3, -0.25) is 4.68 Å². The van der Waals surface area contributed by atoms with Gasteiger partial charge in [0.05, 0.1) is 17.6 Å². The predicted molar refractivity (Wildman–Crippen MR) is 142 cm³/mol. The lowest BCUT2D eigenvalue weighted by molar-refractivity contribution is -0.131. The van der Waals surface area contributed by atoms with Gasteiger partial charge < -0.3 is 10.4 Å². The molecule has 0 aliphatic rings. The van der Waals surface area contributed by atoms with Crippen molar-refractivity contribution in [2.75, 3.05) is 5.32 Å². The third kappa shape index (κ3) is 4.14. The Morgan fingerprint density at radius 3 is 2.50 bits per heavy atom. The molecule has 0 saturated carbocycles. The topological polar surface area (TPSA) is 92.9 Å². The summed E-state index contributed by atoms with van der Waals surface area (Å²) in [5, 5.41) is 21.4. The van der Waals surface area contributed by atoms with Gasteiger partial charge >= 0.3 is 5.97 Å². The van der Waals surface area contributed by atoms with Crippen LogP contribution in [-0.2, 0) is 11.3 Å². The number of carboxylic acids is 1. The van der Waals surface area contributed by atoms with E-state index in [2.05, 4.69) is 45.7 Å². The van der Waals surface area contributed by atoms with Crippen LogP contribution in [0.4, 0.5) is 11.5 Å². The van der Waals surface area contributed by atoms with Gasteiger partial charge in [-0.1, -0.05) is 60.7 Å². The molecule has 0 unspecified atom stereocenters. The first kappa shape index (κ1) is 21.5. The number of fused-ring (bicyclic) bond motifs is 4. The number of aliphatic carboxylic acids is 1. The molecule has 36 heavy (non-hydrogen) atoms. The largest absolute Gasteiger partial charge is 0.478 e. The number of benzene rings is 4. The average Bonchev–Trinajstić information content (AvgIpc) is 3.31. The van der Waals surface area contributed by atoms with Crippen LogP contribution < -0.4 is 5.32 Å². The zero-order chi connectivity index (χ0) is 24.5. The van der Waals surface area contributed by atoms with E-state index >= 15 is 0 Å². The van der Waals surface area contributed by atoms with Gasteiger partial charge in [0, 0.05) is 34.1 Å². The van der Waals surface area contributed by atoms with Crippen LogP contribution in [0, 0.1) is 0 Å². The molecule has 0 saturated heterocycles. The van der Waals surface area contributed by atoms with E-state index in [1.54, 1.807) is 6.08 Å². The van der Waals surface area contributed by atoms with Crippen molar-refractivity contribution in [1.82, 2.24) is 19.7 Å². The van der Waals surface area contributed by atoms with Crippen LogP contribution in [0.25, 0.3) is 38.7 Å². The molecule has 6 aromatic rings. The fourth-order valence-electron chi connectivity index (χ4n) is 4.45. The van der Waals surface area contributed by atoms with E-state index < -0.39 is 5.97 Å². The molecule has 0 radical (unpaired) electrons. The van der Waals surface area contributed by atoms with Crippen molar-refractivity contribution >= 4 is 56.1 Å². The fourth-order valence-corrected chi connectivity index (χ4v) is 4.45. The van der Waals surface area contributed by atoms with Crippen molar-refractivity contribution in [2.24, 2.45) is 0 Å². The molecule has 6 rings (SSSR count). The number of nitrogens with zero attached hydrogens (tertiary/aromatic N) is 4. The Hall–Kier alpha value is -5.04. The Bertz CT molecular complexity index is 1770. The SMILES string of the molecule is O=C(O)C=Cc1ccc2ncnc(Nc3cc4nn(Cc5ccccc5)cc4c4ccccc34)c2c1. The molecule has 0 aliphatic carbocycles. The molecule has 0 aliphatic heterocycles. The minimum Gasteiger partial charge on any atom is -0.478 e. The van der Waals surface area contributed by atoms with Gasteiger partial charge in [0.2, 0.25) is 0 Å². The van der Waals surface area contributed by atoms with Gasteiger partial charge in [-0.05, 0) is 40.8 Å². The molecule has 2 aromatic heterocycles. The van der Waals surface area contributed by atoms with Crippen LogP contribution in [-0.4, -0.2) is 30.8 Å². The smallest absolute Gasteiger partial charge is 0.328 e. The van der Waals surface area contributed by atoms with E-state index in [1.165, 1.54) is 11.9 Å². The fraction of sp³-hybridized carbons (Fsp3) is 0.0345. The minimum atomic E-state index is -0.996. The van der Waals surface area contributed by atoms with Crippen LogP contribution in [0.1, 0.15) is 11.1 Å². The lowest BCUT2D eigenvalue weighted by Gasteiger charge is -2.12. The van der Waals surface area contributed by atoms with E-state index in [4.69, 9.17) is 10.2 Å². The highest BCUT2D eigenvalue weighted by molar-refractivity contribution is 6.12. The van der Waals surface area contributed by atoms with Crippen molar-refractivity contribution in [3.8, 4) is 0 Å². The first-order valence-electron chi connectivity index (χ1n) is 11.5. The number of anilines is 2. The molecule has 4 aromatic carbocycles. The quantitative estimate of drug-likeness (QED) is 0.289. The van der Waals surface area contributed by atoms with Crippen molar-refractivity contribution < 1.29 is 9.90 Å². The minimum absolute atomic E-state index is 0.638. The molecule has 0 amide bonds. The summed E-state index contributed by atoms with van der Waals surface area (Å²) in [6.45, 7) is 0.690. The van der Waals surface area contributed by atoms with Crippen molar-refractivity contribution in [2.45, 2.75) is 6.54 Å². The Balaban J connectivity index is 1.45. The first-order chi connectivity index (χ1) is 17.6. The monoisotopic (exact) mass is 471 g/mol. The van der Waals surface area contributed by atoms with Crippen molar-refractivity contribution in [3.63, 3.8) is 0 Å². The predicted octanol–water partition coefficient (Wildman–Crippen LogP) is 6.02. The number of carboxylic acid groups (broad SMARTS) is 1. The van der Waals surface area contributed by atoms with Gasteiger partial charge in [0.25, 0.3) is 0 Å². The summed E-state index contributed by atoms with van der Waals surface area (Å²) in [7, 11) is 0. The lowest BCUT2D eigenvalue weighted by atomic mass is 10.0. The highest BCUT2D eigenvalue weighted by atomic mass is 16.4. The van der Waals surface area contributed by atoms with Gasteiger partial charge in [-0.15, -0.1) is 0 Å². The van der Waals surface area contributed by atoms with E-state index in [-0.39, 0.29) is 0 Å². The lowest BCUT2D eigenvalue weighted by Crippen LogP contribution is -1.99. The summed E-state index contributed by atoms with van der Waals surface area (Å²) >= 11 is 0. The molecule has 7 heteroatoms. The number of rotatable bonds is 6. The zero-order valence-corrected chi connectivity index (χ0v) is 19.2. The maximum atomic E-state index is 10.9. The zero-order valence-electron chi connectivity index (χ0n) is 19.2. The second-order valence-corrected chi connectivity index (χ2v) is 8.51. The number of nitrogens with one attached hydrogen (secondary N) is 1. The Labute approximate surface area is 206 Å². The third-order valence-electron chi connectivity index (χ3n) is 6.10. The summed E-state index contributed by atoms with van der Waals surface area (Å²) < 4.78 is 1.97. The molecule has 0 bridgehead atoms. The number of carbonyl (C=O) groups is 1. The first-order valence-corrected chi connectivity index (χ1v) is 11.5. The molecule has 0 fully saturated rings. The van der Waals surface area contributed by atoms with Crippen LogP contribution in [0.5, 0.6) is 0 Å². The Morgan fingerprint density at radius 1 is 0.861 bits per heavy atom. The summed E-state index contributed by atoms with van der Waals surface area (Å²) in [4.78, 5) is 19.8. The van der Waals surface area contributed by atoms with E-state index in [0.717, 1.165) is 49.9 Å². The summed E-state index contributed by atoms with van der Waals surface area (Å²) in [6, 6.07) is 26.1. The summed E-state index contributed by atoms with van der Waals surface area (Å²) in [6.07, 6.45) is 6.28. The van der Waals surface area contributed by atoms with Gasteiger partial charge in [-0.25, -0.2) is 14.8 Å². The Morgan fingerprint density at radius 2 is 1.67 bits per heavy atom. The van der Waals surface area contributed by atoms with Gasteiger partial charge in [-0.2, -0.15) is 5.10 Å². The maximum Gasteiger partial charge on any atom is 0.328 e.